The lowest BCUT2D eigenvalue weighted by Gasteiger charge is -2.36. The van der Waals surface area contributed by atoms with Crippen LogP contribution in [0.3, 0.4) is 0 Å². The van der Waals surface area contributed by atoms with Gasteiger partial charge in [-0.1, -0.05) is 48.5 Å². The van der Waals surface area contributed by atoms with E-state index >= 15 is 0 Å². The smallest absolute Gasteiger partial charge is 0.252 e. The third-order valence-electron chi connectivity index (χ3n) is 5.20. The maximum atomic E-state index is 13.3. The number of hydrogen-bond acceptors (Lipinski definition) is 3. The second kappa shape index (κ2) is 10.2. The van der Waals surface area contributed by atoms with Gasteiger partial charge in [-0.15, -0.1) is 12.4 Å². The average molecular weight is 402 g/mol. The van der Waals surface area contributed by atoms with E-state index in [0.717, 1.165) is 18.4 Å². The maximum absolute atomic E-state index is 13.3. The molecule has 1 saturated heterocycles. The van der Waals surface area contributed by atoms with Crippen LogP contribution < -0.4 is 11.1 Å². The van der Waals surface area contributed by atoms with Gasteiger partial charge in [0, 0.05) is 24.7 Å². The molecule has 5 nitrogen and oxygen atoms in total. The van der Waals surface area contributed by atoms with Crippen molar-refractivity contribution in [2.45, 2.75) is 31.8 Å². The van der Waals surface area contributed by atoms with Crippen molar-refractivity contribution in [3.8, 4) is 0 Å². The third kappa shape index (κ3) is 5.33. The molecule has 6 heteroatoms. The average Bonchev–Trinajstić information content (AvgIpc) is 2.72. The minimum atomic E-state index is -0.703. The molecule has 2 aromatic carbocycles. The zero-order valence-electron chi connectivity index (χ0n) is 16.1. The molecule has 150 valence electrons. The van der Waals surface area contributed by atoms with Gasteiger partial charge >= 0.3 is 0 Å². The molecule has 2 amide bonds. The molecule has 3 rings (SSSR count). The third-order valence-corrected chi connectivity index (χ3v) is 5.20. The van der Waals surface area contributed by atoms with Gasteiger partial charge in [-0.3, -0.25) is 9.59 Å². The fraction of sp³-hybridized carbons (Fsp3) is 0.364. The summed E-state index contributed by atoms with van der Waals surface area (Å²) in [5.41, 5.74) is 7.39. The zero-order valence-corrected chi connectivity index (χ0v) is 16.9. The molecule has 0 bridgehead atoms. The highest BCUT2D eigenvalue weighted by Crippen LogP contribution is 2.23. The first-order chi connectivity index (χ1) is 13.1. The number of carbonyl (C=O) groups is 2. The van der Waals surface area contributed by atoms with Crippen LogP contribution in [0.2, 0.25) is 0 Å². The zero-order chi connectivity index (χ0) is 19.2. The van der Waals surface area contributed by atoms with Crippen molar-refractivity contribution < 1.29 is 9.59 Å². The minimum absolute atomic E-state index is 0. The summed E-state index contributed by atoms with van der Waals surface area (Å²) in [6.45, 7) is 3.33. The lowest BCUT2D eigenvalue weighted by molar-refractivity contribution is -0.135. The lowest BCUT2D eigenvalue weighted by Crippen LogP contribution is -2.49. The van der Waals surface area contributed by atoms with Crippen molar-refractivity contribution in [1.82, 2.24) is 10.2 Å². The number of halogens is 1. The van der Waals surface area contributed by atoms with E-state index in [1.807, 2.05) is 60.4 Å². The largest absolute Gasteiger partial charge is 0.340 e. The normalized spacial score (nSPS) is 18.5. The number of hydrogen-bond donors (Lipinski definition) is 2. The van der Waals surface area contributed by atoms with Crippen LogP contribution in [0.15, 0.2) is 60.7 Å². The fourth-order valence-electron chi connectivity index (χ4n) is 3.56. The fourth-order valence-corrected chi connectivity index (χ4v) is 3.56. The molecule has 3 unspecified atom stereocenters. The number of nitrogens with zero attached hydrogens (tertiary/aromatic N) is 1. The topological polar surface area (TPSA) is 75.4 Å². The molecular formula is C22H28ClN3O2. The Labute approximate surface area is 172 Å². The standard InChI is InChI=1S/C22H27N3O2.ClH/c1-16(23)19-13-8-14-25(15-19)22(27)20(17-9-4-2-5-10-17)24-21(26)18-11-6-3-7-12-18;/h2-7,9-12,16,19-20H,8,13-15,23H2,1H3,(H,24,26);1H. The van der Waals surface area contributed by atoms with Gasteiger partial charge < -0.3 is 16.0 Å². The monoisotopic (exact) mass is 401 g/mol. The quantitative estimate of drug-likeness (QED) is 0.807. The molecule has 0 saturated carbocycles. The van der Waals surface area contributed by atoms with E-state index in [-0.39, 0.29) is 30.3 Å². The van der Waals surface area contributed by atoms with Crippen LogP contribution in [0.25, 0.3) is 0 Å². The molecule has 1 aliphatic heterocycles. The molecule has 1 aliphatic rings. The van der Waals surface area contributed by atoms with Gasteiger partial charge in [-0.05, 0) is 43.4 Å². The summed E-state index contributed by atoms with van der Waals surface area (Å²) in [7, 11) is 0. The summed E-state index contributed by atoms with van der Waals surface area (Å²) in [5.74, 6) is -0.0293. The van der Waals surface area contributed by atoms with Crippen LogP contribution in [-0.4, -0.2) is 35.8 Å². The lowest BCUT2D eigenvalue weighted by atomic mass is 9.91. The number of carbonyl (C=O) groups excluding carboxylic acids is 2. The van der Waals surface area contributed by atoms with Gasteiger partial charge in [0.1, 0.15) is 6.04 Å². The first kappa shape index (κ1) is 21.9. The summed E-state index contributed by atoms with van der Waals surface area (Å²) >= 11 is 0. The summed E-state index contributed by atoms with van der Waals surface area (Å²) in [6.07, 6.45) is 1.97. The van der Waals surface area contributed by atoms with Gasteiger partial charge in [0.15, 0.2) is 0 Å². The molecule has 0 aliphatic carbocycles. The first-order valence-electron chi connectivity index (χ1n) is 9.51. The SMILES string of the molecule is CC(N)C1CCCN(C(=O)C(NC(=O)c2ccccc2)c2ccccc2)C1.Cl. The van der Waals surface area contributed by atoms with E-state index in [1.165, 1.54) is 0 Å². The molecule has 0 radical (unpaired) electrons. The summed E-state index contributed by atoms with van der Waals surface area (Å²) in [5, 5.41) is 2.93. The molecule has 3 atom stereocenters. The highest BCUT2D eigenvalue weighted by Gasteiger charge is 2.32. The molecular weight excluding hydrogens is 374 g/mol. The predicted molar refractivity (Wildman–Crippen MR) is 113 cm³/mol. The Kier molecular flexibility index (Phi) is 8.03. The second-order valence-electron chi connectivity index (χ2n) is 7.23. The van der Waals surface area contributed by atoms with Crippen LogP contribution in [-0.2, 0) is 4.79 Å². The van der Waals surface area contributed by atoms with Crippen molar-refractivity contribution in [3.05, 3.63) is 71.8 Å². The number of piperidine rings is 1. The second-order valence-corrected chi connectivity index (χ2v) is 7.23. The molecule has 0 aromatic heterocycles. The van der Waals surface area contributed by atoms with Gasteiger partial charge in [0.05, 0.1) is 0 Å². The van der Waals surface area contributed by atoms with E-state index in [2.05, 4.69) is 5.32 Å². The summed E-state index contributed by atoms with van der Waals surface area (Å²) in [6, 6.07) is 17.7. The van der Waals surface area contributed by atoms with Crippen molar-refractivity contribution in [1.29, 1.82) is 0 Å². The van der Waals surface area contributed by atoms with Crippen molar-refractivity contribution in [3.63, 3.8) is 0 Å². The maximum Gasteiger partial charge on any atom is 0.252 e. The number of amides is 2. The van der Waals surface area contributed by atoms with E-state index in [4.69, 9.17) is 5.73 Å². The van der Waals surface area contributed by atoms with E-state index < -0.39 is 6.04 Å². The van der Waals surface area contributed by atoms with Crippen LogP contribution in [0.4, 0.5) is 0 Å². The van der Waals surface area contributed by atoms with Crippen molar-refractivity contribution in [2.24, 2.45) is 11.7 Å². The number of likely N-dealkylation sites (tertiary alicyclic amines) is 1. The molecule has 28 heavy (non-hydrogen) atoms. The Morgan fingerprint density at radius 3 is 2.29 bits per heavy atom. The van der Waals surface area contributed by atoms with Gasteiger partial charge in [0.25, 0.3) is 5.91 Å². The van der Waals surface area contributed by atoms with Crippen LogP contribution in [0.1, 0.15) is 41.7 Å². The van der Waals surface area contributed by atoms with E-state index in [9.17, 15) is 9.59 Å². The van der Waals surface area contributed by atoms with Gasteiger partial charge in [-0.2, -0.15) is 0 Å². The number of nitrogens with one attached hydrogen (secondary N) is 1. The predicted octanol–water partition coefficient (Wildman–Crippen LogP) is 3.17. The number of rotatable bonds is 5. The van der Waals surface area contributed by atoms with Crippen molar-refractivity contribution in [2.75, 3.05) is 13.1 Å². The Bertz CT molecular complexity index is 768. The number of benzene rings is 2. The van der Waals surface area contributed by atoms with Crippen molar-refractivity contribution >= 4 is 24.2 Å². The van der Waals surface area contributed by atoms with Crippen LogP contribution in [0.5, 0.6) is 0 Å². The summed E-state index contributed by atoms with van der Waals surface area (Å²) < 4.78 is 0. The molecule has 0 spiro atoms. The first-order valence-corrected chi connectivity index (χ1v) is 9.51. The summed E-state index contributed by atoms with van der Waals surface area (Å²) in [4.78, 5) is 27.8. The van der Waals surface area contributed by atoms with Crippen LogP contribution in [0, 0.1) is 5.92 Å². The molecule has 1 heterocycles. The number of nitrogens with two attached hydrogens (primary N) is 1. The Balaban J connectivity index is 0.00000280. The molecule has 2 aromatic rings. The van der Waals surface area contributed by atoms with Gasteiger partial charge in [0.2, 0.25) is 5.91 Å². The highest BCUT2D eigenvalue weighted by atomic mass is 35.5. The Morgan fingerprint density at radius 2 is 1.68 bits per heavy atom. The van der Waals surface area contributed by atoms with Gasteiger partial charge in [-0.25, -0.2) is 0 Å². The molecule has 3 N–H and O–H groups in total. The minimum Gasteiger partial charge on any atom is -0.340 e. The van der Waals surface area contributed by atoms with E-state index in [0.29, 0.717) is 24.6 Å². The van der Waals surface area contributed by atoms with Crippen LogP contribution >= 0.6 is 12.4 Å². The molecule has 1 fully saturated rings. The van der Waals surface area contributed by atoms with E-state index in [1.54, 1.807) is 12.1 Å². The Hall–Kier alpha value is -2.37. The Morgan fingerprint density at radius 1 is 1.07 bits per heavy atom. The highest BCUT2D eigenvalue weighted by molar-refractivity contribution is 5.97.